The van der Waals surface area contributed by atoms with Gasteiger partial charge in [-0.3, -0.25) is 0 Å². The summed E-state index contributed by atoms with van der Waals surface area (Å²) < 4.78 is 15.4. The Morgan fingerprint density at radius 1 is 0.897 bits per heavy atom. The van der Waals surface area contributed by atoms with Crippen LogP contribution in [0.1, 0.15) is 31.1 Å². The van der Waals surface area contributed by atoms with E-state index < -0.39 is 12.1 Å². The number of anilines is 2. The standard InChI is InChI=1S/C21H24N2O5S/c1-4-26-19(24)14(3)28-18-12-10-17(11-13-18)23-21(29)22-16-8-6-15(7-9-16)20(25)27-5-2/h6-14H,4-5H2,1-3H3,(H2,22,23,29)/t14-/m0/s1. The van der Waals surface area contributed by atoms with Gasteiger partial charge in [-0.25, -0.2) is 9.59 Å². The largest absolute Gasteiger partial charge is 0.479 e. The van der Waals surface area contributed by atoms with Gasteiger partial charge in [0.25, 0.3) is 0 Å². The molecule has 0 aliphatic rings. The van der Waals surface area contributed by atoms with Crippen LogP contribution in [0.4, 0.5) is 11.4 Å². The lowest BCUT2D eigenvalue weighted by atomic mass is 10.2. The summed E-state index contributed by atoms with van der Waals surface area (Å²) in [6.07, 6.45) is -0.686. The minimum atomic E-state index is -0.686. The zero-order valence-corrected chi connectivity index (χ0v) is 17.4. The first-order chi connectivity index (χ1) is 13.9. The highest BCUT2D eigenvalue weighted by molar-refractivity contribution is 7.80. The molecule has 2 rings (SSSR count). The molecule has 2 N–H and O–H groups in total. The number of nitrogens with one attached hydrogen (secondary N) is 2. The Morgan fingerprint density at radius 3 is 1.93 bits per heavy atom. The molecule has 0 unspecified atom stereocenters. The Bertz CT molecular complexity index is 837. The number of esters is 2. The Labute approximate surface area is 175 Å². The molecule has 154 valence electrons. The Kier molecular flexibility index (Phi) is 8.42. The lowest BCUT2D eigenvalue weighted by Crippen LogP contribution is -2.26. The Morgan fingerprint density at radius 2 is 1.41 bits per heavy atom. The highest BCUT2D eigenvalue weighted by atomic mass is 32.1. The van der Waals surface area contributed by atoms with Crippen molar-refractivity contribution in [3.63, 3.8) is 0 Å². The molecule has 2 aromatic rings. The number of carbonyl (C=O) groups excluding carboxylic acids is 2. The van der Waals surface area contributed by atoms with E-state index in [0.717, 1.165) is 11.4 Å². The molecule has 0 radical (unpaired) electrons. The summed E-state index contributed by atoms with van der Waals surface area (Å²) in [6, 6.07) is 13.8. The van der Waals surface area contributed by atoms with Gasteiger partial charge in [-0.1, -0.05) is 0 Å². The van der Waals surface area contributed by atoms with Crippen molar-refractivity contribution in [1.29, 1.82) is 0 Å². The number of hydrogen-bond donors (Lipinski definition) is 2. The van der Waals surface area contributed by atoms with Crippen molar-refractivity contribution in [2.24, 2.45) is 0 Å². The highest BCUT2D eigenvalue weighted by Crippen LogP contribution is 2.18. The van der Waals surface area contributed by atoms with Crippen molar-refractivity contribution in [3.8, 4) is 5.75 Å². The minimum Gasteiger partial charge on any atom is -0.479 e. The molecule has 2 aromatic carbocycles. The molecule has 29 heavy (non-hydrogen) atoms. The van der Waals surface area contributed by atoms with Crippen molar-refractivity contribution in [2.45, 2.75) is 26.9 Å². The highest BCUT2D eigenvalue weighted by Gasteiger charge is 2.15. The summed E-state index contributed by atoms with van der Waals surface area (Å²) in [6.45, 7) is 5.79. The zero-order valence-electron chi connectivity index (χ0n) is 16.6. The molecule has 0 amide bonds. The van der Waals surface area contributed by atoms with E-state index in [1.807, 2.05) is 0 Å². The summed E-state index contributed by atoms with van der Waals surface area (Å²) in [5.41, 5.74) is 1.96. The van der Waals surface area contributed by atoms with Gasteiger partial charge in [0.05, 0.1) is 18.8 Å². The third-order valence-corrected chi connectivity index (χ3v) is 3.90. The van der Waals surface area contributed by atoms with Gasteiger partial charge in [0.1, 0.15) is 5.75 Å². The van der Waals surface area contributed by atoms with Crippen molar-refractivity contribution in [2.75, 3.05) is 23.8 Å². The van der Waals surface area contributed by atoms with E-state index in [2.05, 4.69) is 10.6 Å². The summed E-state index contributed by atoms with van der Waals surface area (Å²) in [5.74, 6) is -0.224. The van der Waals surface area contributed by atoms with Crippen LogP contribution >= 0.6 is 12.2 Å². The quantitative estimate of drug-likeness (QED) is 0.493. The fourth-order valence-corrected chi connectivity index (χ4v) is 2.56. The lowest BCUT2D eigenvalue weighted by Gasteiger charge is -2.14. The SMILES string of the molecule is CCOC(=O)c1ccc(NC(=S)Nc2ccc(O[C@@H](C)C(=O)OCC)cc2)cc1. The van der Waals surface area contributed by atoms with Gasteiger partial charge in [0.2, 0.25) is 0 Å². The van der Waals surface area contributed by atoms with E-state index >= 15 is 0 Å². The average Bonchev–Trinajstić information content (AvgIpc) is 2.70. The molecule has 8 heteroatoms. The Balaban J connectivity index is 1.87. The fourth-order valence-electron chi connectivity index (χ4n) is 2.33. The smallest absolute Gasteiger partial charge is 0.347 e. The van der Waals surface area contributed by atoms with Crippen LogP contribution in [0.15, 0.2) is 48.5 Å². The second-order valence-corrected chi connectivity index (χ2v) is 6.32. The number of ether oxygens (including phenoxy) is 3. The van der Waals surface area contributed by atoms with Gasteiger partial charge in [-0.05, 0) is 81.5 Å². The van der Waals surface area contributed by atoms with Gasteiger partial charge >= 0.3 is 11.9 Å². The summed E-state index contributed by atoms with van der Waals surface area (Å²) in [5, 5.41) is 6.48. The maximum Gasteiger partial charge on any atom is 0.347 e. The number of carbonyl (C=O) groups is 2. The summed E-state index contributed by atoms with van der Waals surface area (Å²) >= 11 is 5.30. The minimum absolute atomic E-state index is 0.311. The molecule has 0 aliphatic heterocycles. The van der Waals surface area contributed by atoms with Crippen LogP contribution < -0.4 is 15.4 Å². The van der Waals surface area contributed by atoms with Crippen LogP contribution in [-0.2, 0) is 14.3 Å². The molecular weight excluding hydrogens is 392 g/mol. The predicted molar refractivity (Wildman–Crippen MR) is 115 cm³/mol. The van der Waals surface area contributed by atoms with E-state index in [1.165, 1.54) is 0 Å². The molecular formula is C21H24N2O5S. The maximum atomic E-state index is 11.7. The molecule has 0 saturated carbocycles. The van der Waals surface area contributed by atoms with Gasteiger partial charge < -0.3 is 24.8 Å². The first-order valence-electron chi connectivity index (χ1n) is 9.21. The van der Waals surface area contributed by atoms with Crippen LogP contribution in [0.25, 0.3) is 0 Å². The summed E-state index contributed by atoms with van der Waals surface area (Å²) in [7, 11) is 0. The third kappa shape index (κ3) is 7.08. The van der Waals surface area contributed by atoms with Crippen molar-refractivity contribution >= 4 is 40.6 Å². The van der Waals surface area contributed by atoms with Crippen LogP contribution in [0.3, 0.4) is 0 Å². The van der Waals surface area contributed by atoms with Crippen LogP contribution in [0, 0.1) is 0 Å². The van der Waals surface area contributed by atoms with Gasteiger partial charge in [-0.15, -0.1) is 0 Å². The molecule has 0 aromatic heterocycles. The number of benzene rings is 2. The average molecular weight is 416 g/mol. The summed E-state index contributed by atoms with van der Waals surface area (Å²) in [4.78, 5) is 23.3. The lowest BCUT2D eigenvalue weighted by molar-refractivity contribution is -0.150. The third-order valence-electron chi connectivity index (χ3n) is 3.70. The van der Waals surface area contributed by atoms with Gasteiger partial charge in [0.15, 0.2) is 11.2 Å². The van der Waals surface area contributed by atoms with Crippen LogP contribution in [-0.4, -0.2) is 36.4 Å². The van der Waals surface area contributed by atoms with E-state index in [-0.39, 0.29) is 5.97 Å². The zero-order chi connectivity index (χ0) is 21.2. The van der Waals surface area contributed by atoms with Crippen LogP contribution in [0.5, 0.6) is 5.75 Å². The van der Waals surface area contributed by atoms with Crippen molar-refractivity contribution < 1.29 is 23.8 Å². The molecule has 0 heterocycles. The van der Waals surface area contributed by atoms with Crippen molar-refractivity contribution in [3.05, 3.63) is 54.1 Å². The van der Waals surface area contributed by atoms with E-state index in [4.69, 9.17) is 26.4 Å². The molecule has 0 fully saturated rings. The topological polar surface area (TPSA) is 85.9 Å². The second kappa shape index (κ2) is 11.0. The van der Waals surface area contributed by atoms with E-state index in [0.29, 0.717) is 29.6 Å². The van der Waals surface area contributed by atoms with E-state index in [9.17, 15) is 9.59 Å². The number of thiocarbonyl (C=S) groups is 1. The second-order valence-electron chi connectivity index (χ2n) is 5.91. The molecule has 0 bridgehead atoms. The first-order valence-corrected chi connectivity index (χ1v) is 9.62. The predicted octanol–water partition coefficient (Wildman–Crippen LogP) is 4.00. The van der Waals surface area contributed by atoms with Gasteiger partial charge in [0, 0.05) is 11.4 Å². The van der Waals surface area contributed by atoms with Crippen molar-refractivity contribution in [1.82, 2.24) is 0 Å². The normalized spacial score (nSPS) is 11.1. The maximum absolute atomic E-state index is 11.7. The monoisotopic (exact) mass is 416 g/mol. The molecule has 0 aliphatic carbocycles. The molecule has 0 saturated heterocycles. The number of hydrogen-bond acceptors (Lipinski definition) is 6. The fraction of sp³-hybridized carbons (Fsp3) is 0.286. The first kappa shape index (κ1) is 22.2. The van der Waals surface area contributed by atoms with Gasteiger partial charge in [-0.2, -0.15) is 0 Å². The molecule has 1 atom stereocenters. The number of rotatable bonds is 8. The van der Waals surface area contributed by atoms with Crippen LogP contribution in [0.2, 0.25) is 0 Å². The molecule has 0 spiro atoms. The van der Waals surface area contributed by atoms with E-state index in [1.54, 1.807) is 69.3 Å². The Hall–Kier alpha value is -3.13. The molecule has 7 nitrogen and oxygen atoms in total.